The van der Waals surface area contributed by atoms with Crippen molar-refractivity contribution in [2.24, 2.45) is 5.11 Å². The first-order chi connectivity index (χ1) is 10.4. The number of thioether (sulfide) groups is 1. The molecule has 0 aromatic carbocycles. The van der Waals surface area contributed by atoms with Gasteiger partial charge in [0.2, 0.25) is 5.54 Å². The number of carbonyl (C=O) groups is 3. The van der Waals surface area contributed by atoms with Crippen molar-refractivity contribution in [2.75, 3.05) is 12.4 Å². The van der Waals surface area contributed by atoms with Gasteiger partial charge < -0.3 is 9.84 Å². The molecule has 0 aromatic heterocycles. The van der Waals surface area contributed by atoms with Gasteiger partial charge in [-0.3, -0.25) is 14.5 Å². The number of carboxylic acids is 1. The summed E-state index contributed by atoms with van der Waals surface area (Å²) < 4.78 is 4.80. The number of esters is 1. The van der Waals surface area contributed by atoms with Crippen LogP contribution in [0.4, 0.5) is 0 Å². The number of fused-ring (bicyclic) bond motifs is 1. The number of aliphatic carboxylic acids is 1. The molecule has 0 spiro atoms. The van der Waals surface area contributed by atoms with E-state index >= 15 is 0 Å². The number of hydrogen-bond donors (Lipinski definition) is 1. The van der Waals surface area contributed by atoms with E-state index in [-0.39, 0.29) is 23.6 Å². The molecule has 114 valence electrons. The van der Waals surface area contributed by atoms with Gasteiger partial charge in [-0.05, 0) is 5.53 Å². The third kappa shape index (κ3) is 2.16. The van der Waals surface area contributed by atoms with Crippen LogP contribution in [0.5, 0.6) is 0 Å². The zero-order chi connectivity index (χ0) is 16.5. The maximum atomic E-state index is 12.2. The highest BCUT2D eigenvalue weighted by molar-refractivity contribution is 8.00. The van der Waals surface area contributed by atoms with E-state index in [9.17, 15) is 19.5 Å². The SMILES string of the molecule is C#CC1(N=[N+]=[N-])C(=O)N2C(C(=O)O)=C(COC(C)=O)CS[C@@H]21. The highest BCUT2D eigenvalue weighted by atomic mass is 32.2. The Morgan fingerprint density at radius 3 is 2.91 bits per heavy atom. The minimum absolute atomic E-state index is 0.188. The molecular weight excluding hydrogens is 312 g/mol. The Morgan fingerprint density at radius 1 is 1.73 bits per heavy atom. The minimum Gasteiger partial charge on any atom is -0.477 e. The lowest BCUT2D eigenvalue weighted by Crippen LogP contribution is -2.72. The second kappa shape index (κ2) is 5.63. The van der Waals surface area contributed by atoms with Gasteiger partial charge in [-0.1, -0.05) is 11.0 Å². The molecule has 9 nitrogen and oxygen atoms in total. The van der Waals surface area contributed by atoms with Gasteiger partial charge in [-0.25, -0.2) is 4.79 Å². The van der Waals surface area contributed by atoms with E-state index in [0.717, 1.165) is 16.7 Å². The van der Waals surface area contributed by atoms with Crippen molar-refractivity contribution in [1.29, 1.82) is 0 Å². The molecule has 1 unspecified atom stereocenters. The molecule has 1 amide bonds. The summed E-state index contributed by atoms with van der Waals surface area (Å²) in [7, 11) is 0. The number of β-lactam (4-membered cyclic amide) rings is 1. The summed E-state index contributed by atoms with van der Waals surface area (Å²) in [5.41, 5.74) is 6.86. The largest absolute Gasteiger partial charge is 0.477 e. The van der Waals surface area contributed by atoms with Gasteiger partial charge in [-0.2, -0.15) is 0 Å². The molecule has 1 saturated heterocycles. The van der Waals surface area contributed by atoms with Crippen LogP contribution in [0.3, 0.4) is 0 Å². The third-order valence-corrected chi connectivity index (χ3v) is 4.59. The molecule has 10 heteroatoms. The van der Waals surface area contributed by atoms with E-state index in [1.807, 2.05) is 0 Å². The summed E-state index contributed by atoms with van der Waals surface area (Å²) in [6.45, 7) is 0.963. The molecule has 1 fully saturated rings. The average molecular weight is 322 g/mol. The lowest BCUT2D eigenvalue weighted by atomic mass is 9.88. The molecule has 0 bridgehead atoms. The van der Waals surface area contributed by atoms with Gasteiger partial charge in [0, 0.05) is 23.2 Å². The number of hydrogen-bond acceptors (Lipinski definition) is 6. The minimum atomic E-state index is -1.72. The maximum Gasteiger partial charge on any atom is 0.352 e. The van der Waals surface area contributed by atoms with Crippen LogP contribution >= 0.6 is 11.8 Å². The number of terminal acetylenes is 1. The topological polar surface area (TPSA) is 133 Å². The molecule has 0 saturated carbocycles. The summed E-state index contributed by atoms with van der Waals surface area (Å²) >= 11 is 1.15. The standard InChI is InChI=1S/C12H10N4O5S/c1-3-12(14-15-13)10(20)16-8(9(18)19)7(4-21-6(2)17)5-22-11(12)16/h1,11H,4-5H2,2H3,(H,18,19)/t11-,12?/m1/s1. The number of azide groups is 1. The molecule has 2 heterocycles. The van der Waals surface area contributed by atoms with Crippen LogP contribution in [0.25, 0.3) is 10.4 Å². The molecule has 1 N–H and O–H groups in total. The predicted molar refractivity (Wildman–Crippen MR) is 75.1 cm³/mol. The predicted octanol–water partition coefficient (Wildman–Crippen LogP) is 0.486. The summed E-state index contributed by atoms with van der Waals surface area (Å²) in [4.78, 5) is 38.1. The molecule has 22 heavy (non-hydrogen) atoms. The van der Waals surface area contributed by atoms with E-state index in [1.54, 1.807) is 0 Å². The van der Waals surface area contributed by atoms with Gasteiger partial charge in [0.15, 0.2) is 0 Å². The van der Waals surface area contributed by atoms with Crippen molar-refractivity contribution >= 4 is 29.6 Å². The summed E-state index contributed by atoms with van der Waals surface area (Å²) in [6.07, 6.45) is 5.30. The zero-order valence-electron chi connectivity index (χ0n) is 11.3. The first kappa shape index (κ1) is 15.8. The monoisotopic (exact) mass is 322 g/mol. The van der Waals surface area contributed by atoms with E-state index in [2.05, 4.69) is 15.9 Å². The second-order valence-corrected chi connectivity index (χ2v) is 5.54. The van der Waals surface area contributed by atoms with Crippen LogP contribution < -0.4 is 0 Å². The molecular formula is C12H10N4O5S. The number of ether oxygens (including phenoxy) is 1. The number of carboxylic acid groups (broad SMARTS) is 1. The van der Waals surface area contributed by atoms with Crippen LogP contribution in [-0.2, 0) is 19.1 Å². The molecule has 2 rings (SSSR count). The Hall–Kier alpha value is -2.63. The smallest absolute Gasteiger partial charge is 0.352 e. The Balaban J connectivity index is 2.41. The Labute approximate surface area is 128 Å². The van der Waals surface area contributed by atoms with Gasteiger partial charge in [-0.15, -0.1) is 18.2 Å². The Kier molecular flexibility index (Phi) is 4.03. The first-order valence-electron chi connectivity index (χ1n) is 5.97. The Morgan fingerprint density at radius 2 is 2.41 bits per heavy atom. The van der Waals surface area contributed by atoms with Crippen molar-refractivity contribution in [1.82, 2.24) is 4.90 Å². The average Bonchev–Trinajstić information content (AvgIpc) is 2.48. The van der Waals surface area contributed by atoms with Crippen LogP contribution in [0.15, 0.2) is 16.4 Å². The van der Waals surface area contributed by atoms with Gasteiger partial charge in [0.1, 0.15) is 17.7 Å². The highest BCUT2D eigenvalue weighted by Crippen LogP contribution is 2.48. The number of nitrogens with zero attached hydrogens (tertiary/aromatic N) is 4. The molecule has 0 aliphatic carbocycles. The summed E-state index contributed by atoms with van der Waals surface area (Å²) in [6, 6.07) is 0. The molecule has 0 radical (unpaired) electrons. The lowest BCUT2D eigenvalue weighted by molar-refractivity contribution is -0.151. The van der Waals surface area contributed by atoms with Crippen LogP contribution in [-0.4, -0.2) is 51.1 Å². The van der Waals surface area contributed by atoms with E-state index in [4.69, 9.17) is 16.7 Å². The molecule has 2 atom stereocenters. The number of carbonyl (C=O) groups excluding carboxylic acids is 2. The van der Waals surface area contributed by atoms with Crippen LogP contribution in [0, 0.1) is 12.3 Å². The normalized spacial score (nSPS) is 26.3. The fourth-order valence-corrected chi connectivity index (χ4v) is 3.61. The van der Waals surface area contributed by atoms with Crippen molar-refractivity contribution in [2.45, 2.75) is 17.8 Å². The highest BCUT2D eigenvalue weighted by Gasteiger charge is 2.64. The van der Waals surface area contributed by atoms with E-state index in [0.29, 0.717) is 0 Å². The van der Waals surface area contributed by atoms with Crippen LogP contribution in [0.1, 0.15) is 6.92 Å². The second-order valence-electron chi connectivity index (χ2n) is 4.48. The van der Waals surface area contributed by atoms with Crippen molar-refractivity contribution in [3.63, 3.8) is 0 Å². The van der Waals surface area contributed by atoms with Crippen LogP contribution in [0.2, 0.25) is 0 Å². The van der Waals surface area contributed by atoms with E-state index in [1.165, 1.54) is 6.92 Å². The maximum absolute atomic E-state index is 12.2. The van der Waals surface area contributed by atoms with Gasteiger partial charge in [0.05, 0.1) is 0 Å². The number of amides is 1. The lowest BCUT2D eigenvalue weighted by Gasteiger charge is -2.52. The molecule has 0 aromatic rings. The number of rotatable bonds is 4. The van der Waals surface area contributed by atoms with Gasteiger partial charge in [0.25, 0.3) is 5.91 Å². The van der Waals surface area contributed by atoms with Crippen molar-refractivity contribution in [3.8, 4) is 12.3 Å². The summed E-state index contributed by atoms with van der Waals surface area (Å²) in [5, 5.41) is 11.9. The first-order valence-corrected chi connectivity index (χ1v) is 7.02. The summed E-state index contributed by atoms with van der Waals surface area (Å²) in [5.74, 6) is -0.335. The Bertz CT molecular complexity index is 690. The fourth-order valence-electron chi connectivity index (χ4n) is 2.23. The quantitative estimate of drug-likeness (QED) is 0.200. The third-order valence-electron chi connectivity index (χ3n) is 3.20. The fraction of sp³-hybridized carbons (Fsp3) is 0.417. The van der Waals surface area contributed by atoms with Crippen molar-refractivity contribution < 1.29 is 24.2 Å². The van der Waals surface area contributed by atoms with E-state index < -0.39 is 28.8 Å². The zero-order valence-corrected chi connectivity index (χ0v) is 12.2. The van der Waals surface area contributed by atoms with Gasteiger partial charge >= 0.3 is 11.9 Å². The molecule has 2 aliphatic rings. The molecule has 2 aliphatic heterocycles. The van der Waals surface area contributed by atoms with Crippen molar-refractivity contribution in [3.05, 3.63) is 21.7 Å².